The Morgan fingerprint density at radius 2 is 1.90 bits per heavy atom. The second-order valence-corrected chi connectivity index (χ2v) is 6.92. The highest BCUT2D eigenvalue weighted by Gasteiger charge is 2.19. The van der Waals surface area contributed by atoms with Crippen LogP contribution in [0.1, 0.15) is 5.56 Å². The van der Waals surface area contributed by atoms with Gasteiger partial charge in [0.25, 0.3) is 0 Å². The van der Waals surface area contributed by atoms with Crippen LogP contribution in [0.15, 0.2) is 31.6 Å². The third-order valence-corrected chi connectivity index (χ3v) is 5.53. The van der Waals surface area contributed by atoms with E-state index in [1.165, 1.54) is 0 Å². The molecule has 7 heteroatoms. The summed E-state index contributed by atoms with van der Waals surface area (Å²) in [6.07, 6.45) is 0. The standard InChI is InChI=1S/C14H8Br2Cl2N2O/c1-5-9(15)11(19)10(16)12-13(5)21-14(20-12)7-4-6(17)2-3-8(7)18/h2-4H,19H2,1H3. The van der Waals surface area contributed by atoms with Crippen molar-refractivity contribution in [3.63, 3.8) is 0 Å². The van der Waals surface area contributed by atoms with Gasteiger partial charge in [0, 0.05) is 15.1 Å². The van der Waals surface area contributed by atoms with E-state index < -0.39 is 0 Å². The number of rotatable bonds is 1. The summed E-state index contributed by atoms with van der Waals surface area (Å²) in [6, 6.07) is 5.14. The van der Waals surface area contributed by atoms with Crippen LogP contribution in [0, 0.1) is 6.92 Å². The second-order valence-electron chi connectivity index (χ2n) is 4.49. The number of hydrogen-bond acceptors (Lipinski definition) is 3. The Kier molecular flexibility index (Phi) is 3.94. The van der Waals surface area contributed by atoms with E-state index in [9.17, 15) is 0 Å². The van der Waals surface area contributed by atoms with Gasteiger partial charge in [-0.1, -0.05) is 23.2 Å². The van der Waals surface area contributed by atoms with Gasteiger partial charge in [0.1, 0.15) is 5.52 Å². The van der Waals surface area contributed by atoms with Crippen LogP contribution in [-0.2, 0) is 0 Å². The summed E-state index contributed by atoms with van der Waals surface area (Å²) in [4.78, 5) is 4.49. The number of nitrogens with zero attached hydrogens (tertiary/aromatic N) is 1. The molecule has 0 saturated heterocycles. The number of nitrogens with two attached hydrogens (primary N) is 1. The molecule has 3 aromatic rings. The minimum absolute atomic E-state index is 0.402. The van der Waals surface area contributed by atoms with E-state index in [0.717, 1.165) is 10.0 Å². The van der Waals surface area contributed by atoms with Gasteiger partial charge in [-0.3, -0.25) is 0 Å². The molecule has 3 nitrogen and oxygen atoms in total. The molecule has 108 valence electrons. The maximum absolute atomic E-state index is 6.20. The maximum atomic E-state index is 6.20. The van der Waals surface area contributed by atoms with Crippen LogP contribution in [0.4, 0.5) is 5.69 Å². The first-order valence-electron chi connectivity index (χ1n) is 5.89. The Labute approximate surface area is 147 Å². The summed E-state index contributed by atoms with van der Waals surface area (Å²) < 4.78 is 7.33. The predicted octanol–water partition coefficient (Wildman–Crippen LogP) is 6.22. The van der Waals surface area contributed by atoms with Crippen molar-refractivity contribution in [3.8, 4) is 11.5 Å². The highest BCUT2D eigenvalue weighted by molar-refractivity contribution is 9.11. The van der Waals surface area contributed by atoms with Gasteiger partial charge in [-0.15, -0.1) is 0 Å². The molecule has 0 spiro atoms. The molecule has 0 aliphatic heterocycles. The number of oxazole rings is 1. The number of benzene rings is 2. The van der Waals surface area contributed by atoms with Crippen LogP contribution >= 0.6 is 55.1 Å². The normalized spacial score (nSPS) is 11.3. The fourth-order valence-electron chi connectivity index (χ4n) is 2.03. The lowest BCUT2D eigenvalue weighted by molar-refractivity contribution is 0.617. The Morgan fingerprint density at radius 3 is 2.62 bits per heavy atom. The van der Waals surface area contributed by atoms with Gasteiger partial charge < -0.3 is 10.2 Å². The zero-order valence-corrected chi connectivity index (χ0v) is 15.4. The molecular formula is C14H8Br2Cl2N2O. The number of aromatic nitrogens is 1. The molecule has 2 N–H and O–H groups in total. The SMILES string of the molecule is Cc1c(Br)c(N)c(Br)c2nc(-c3cc(Cl)ccc3Cl)oc12. The minimum Gasteiger partial charge on any atom is -0.436 e. The molecule has 3 rings (SSSR count). The van der Waals surface area contributed by atoms with Crippen molar-refractivity contribution in [2.75, 3.05) is 5.73 Å². The second kappa shape index (κ2) is 5.47. The molecule has 0 atom stereocenters. The molecule has 1 aromatic heterocycles. The largest absolute Gasteiger partial charge is 0.436 e. The van der Waals surface area contributed by atoms with Crippen molar-refractivity contribution in [2.45, 2.75) is 6.92 Å². The molecule has 0 amide bonds. The number of anilines is 1. The van der Waals surface area contributed by atoms with Gasteiger partial charge in [-0.25, -0.2) is 4.98 Å². The van der Waals surface area contributed by atoms with Crippen LogP contribution in [0.25, 0.3) is 22.6 Å². The molecule has 0 bridgehead atoms. The highest BCUT2D eigenvalue weighted by Crippen LogP contribution is 2.41. The van der Waals surface area contributed by atoms with Crippen molar-refractivity contribution in [1.29, 1.82) is 0 Å². The average Bonchev–Trinajstić information content (AvgIpc) is 2.90. The number of aryl methyl sites for hydroxylation is 1. The zero-order valence-electron chi connectivity index (χ0n) is 10.7. The molecule has 0 radical (unpaired) electrons. The minimum atomic E-state index is 0.402. The fourth-order valence-corrected chi connectivity index (χ4v) is 3.51. The summed E-state index contributed by atoms with van der Waals surface area (Å²) in [7, 11) is 0. The quantitative estimate of drug-likeness (QED) is 0.448. The molecule has 0 fully saturated rings. The van der Waals surface area contributed by atoms with Gasteiger partial charge in [-0.2, -0.15) is 0 Å². The lowest BCUT2D eigenvalue weighted by atomic mass is 10.2. The van der Waals surface area contributed by atoms with E-state index in [1.54, 1.807) is 18.2 Å². The van der Waals surface area contributed by atoms with Crippen LogP contribution in [0.3, 0.4) is 0 Å². The van der Waals surface area contributed by atoms with Crippen LogP contribution in [0.5, 0.6) is 0 Å². The number of nitrogen functional groups attached to an aromatic ring is 1. The van der Waals surface area contributed by atoms with Crippen LogP contribution in [-0.4, -0.2) is 4.98 Å². The predicted molar refractivity (Wildman–Crippen MR) is 94.0 cm³/mol. The van der Waals surface area contributed by atoms with E-state index in [1.807, 2.05) is 6.92 Å². The molecular weight excluding hydrogens is 443 g/mol. The average molecular weight is 451 g/mol. The first-order chi connectivity index (χ1) is 9.90. The third-order valence-electron chi connectivity index (χ3n) is 3.14. The Hall–Kier alpha value is -0.750. The summed E-state index contributed by atoms with van der Waals surface area (Å²) in [6.45, 7) is 1.91. The van der Waals surface area contributed by atoms with E-state index in [2.05, 4.69) is 36.8 Å². The van der Waals surface area contributed by atoms with Crippen molar-refractivity contribution >= 4 is 71.8 Å². The Balaban J connectivity index is 2.34. The van der Waals surface area contributed by atoms with E-state index in [-0.39, 0.29) is 0 Å². The molecule has 0 aliphatic rings. The maximum Gasteiger partial charge on any atom is 0.228 e. The first-order valence-corrected chi connectivity index (χ1v) is 8.23. The molecule has 21 heavy (non-hydrogen) atoms. The summed E-state index contributed by atoms with van der Waals surface area (Å²) in [5.41, 5.74) is 9.43. The van der Waals surface area contributed by atoms with Crippen molar-refractivity contribution < 1.29 is 4.42 Å². The van der Waals surface area contributed by atoms with E-state index in [4.69, 9.17) is 33.4 Å². The molecule has 1 heterocycles. The van der Waals surface area contributed by atoms with Crippen molar-refractivity contribution in [1.82, 2.24) is 4.98 Å². The number of halogens is 4. The molecule has 0 aliphatic carbocycles. The van der Waals surface area contributed by atoms with Gasteiger partial charge in [0.2, 0.25) is 5.89 Å². The topological polar surface area (TPSA) is 52.0 Å². The van der Waals surface area contributed by atoms with Crippen LogP contribution in [0.2, 0.25) is 10.0 Å². The van der Waals surface area contributed by atoms with Gasteiger partial charge in [0.05, 0.1) is 20.7 Å². The number of hydrogen-bond donors (Lipinski definition) is 1. The summed E-state index contributed by atoms with van der Waals surface area (Å²) >= 11 is 19.1. The highest BCUT2D eigenvalue weighted by atomic mass is 79.9. The first kappa shape index (κ1) is 15.2. The number of fused-ring (bicyclic) bond motifs is 1. The summed E-state index contributed by atoms with van der Waals surface area (Å²) in [5, 5.41) is 1.08. The Morgan fingerprint density at radius 1 is 1.19 bits per heavy atom. The molecule has 0 unspecified atom stereocenters. The lowest BCUT2D eigenvalue weighted by Gasteiger charge is -2.05. The third kappa shape index (κ3) is 2.46. The van der Waals surface area contributed by atoms with Crippen LogP contribution < -0.4 is 5.73 Å². The fraction of sp³-hybridized carbons (Fsp3) is 0.0714. The monoisotopic (exact) mass is 448 g/mol. The van der Waals surface area contributed by atoms with Gasteiger partial charge >= 0.3 is 0 Å². The van der Waals surface area contributed by atoms with Crippen molar-refractivity contribution in [3.05, 3.63) is 42.8 Å². The van der Waals surface area contributed by atoms with Crippen molar-refractivity contribution in [2.24, 2.45) is 0 Å². The molecule has 2 aromatic carbocycles. The van der Waals surface area contributed by atoms with E-state index >= 15 is 0 Å². The van der Waals surface area contributed by atoms with E-state index in [0.29, 0.717) is 42.8 Å². The Bertz CT molecular complexity index is 832. The smallest absolute Gasteiger partial charge is 0.228 e. The van der Waals surface area contributed by atoms with Gasteiger partial charge in [-0.05, 0) is 57.0 Å². The lowest BCUT2D eigenvalue weighted by Crippen LogP contribution is -1.92. The molecule has 0 saturated carbocycles. The summed E-state index contributed by atoms with van der Waals surface area (Å²) in [5.74, 6) is 0.402. The zero-order chi connectivity index (χ0) is 15.3. The van der Waals surface area contributed by atoms with Gasteiger partial charge in [0.15, 0.2) is 5.58 Å².